The second-order valence-corrected chi connectivity index (χ2v) is 6.65. The molecule has 6 heteroatoms. The molecule has 0 spiro atoms. The summed E-state index contributed by atoms with van der Waals surface area (Å²) in [4.78, 5) is 11.4. The van der Waals surface area contributed by atoms with E-state index in [1.54, 1.807) is 6.92 Å². The van der Waals surface area contributed by atoms with Crippen LogP contribution in [0.25, 0.3) is 0 Å². The molecule has 2 N–H and O–H groups in total. The van der Waals surface area contributed by atoms with Gasteiger partial charge in [-0.1, -0.05) is 6.42 Å². The van der Waals surface area contributed by atoms with Gasteiger partial charge in [-0.3, -0.25) is 4.79 Å². The molecule has 0 aromatic carbocycles. The molecule has 2 atom stereocenters. The minimum absolute atomic E-state index is 0.0153. The standard InChI is InChI=1S/C10H19NO4S/c1-3-15-9(12)7-10(11)6-4-5-8(10)16(2,13)14/h8H,3-7,11H2,1-2H3. The van der Waals surface area contributed by atoms with E-state index in [0.29, 0.717) is 19.4 Å². The first kappa shape index (κ1) is 13.4. The Morgan fingerprint density at radius 1 is 1.56 bits per heavy atom. The molecule has 1 rings (SSSR count). The van der Waals surface area contributed by atoms with Crippen molar-refractivity contribution in [2.75, 3.05) is 12.9 Å². The molecule has 0 aromatic rings. The molecule has 0 radical (unpaired) electrons. The first-order valence-electron chi connectivity index (χ1n) is 5.43. The molecule has 94 valence electrons. The second kappa shape index (κ2) is 4.71. The number of hydrogen-bond acceptors (Lipinski definition) is 5. The molecule has 0 aliphatic heterocycles. The van der Waals surface area contributed by atoms with Crippen LogP contribution in [0.4, 0.5) is 0 Å². The van der Waals surface area contributed by atoms with Gasteiger partial charge in [0.15, 0.2) is 9.84 Å². The van der Waals surface area contributed by atoms with Gasteiger partial charge in [0.1, 0.15) is 0 Å². The van der Waals surface area contributed by atoms with Gasteiger partial charge in [0.2, 0.25) is 0 Å². The smallest absolute Gasteiger partial charge is 0.307 e. The molecule has 0 saturated heterocycles. The predicted molar refractivity (Wildman–Crippen MR) is 60.7 cm³/mol. The molecule has 1 saturated carbocycles. The zero-order chi connectivity index (χ0) is 12.4. The highest BCUT2D eigenvalue weighted by Crippen LogP contribution is 2.35. The van der Waals surface area contributed by atoms with Gasteiger partial charge in [0, 0.05) is 11.8 Å². The normalized spacial score (nSPS) is 30.3. The van der Waals surface area contributed by atoms with Crippen molar-refractivity contribution in [1.29, 1.82) is 0 Å². The number of hydrogen-bond donors (Lipinski definition) is 1. The highest BCUT2D eigenvalue weighted by Gasteiger charge is 2.46. The van der Waals surface area contributed by atoms with Gasteiger partial charge in [-0.15, -0.1) is 0 Å². The summed E-state index contributed by atoms with van der Waals surface area (Å²) in [5.41, 5.74) is 5.10. The van der Waals surface area contributed by atoms with Crippen LogP contribution in [-0.2, 0) is 19.4 Å². The molecular weight excluding hydrogens is 230 g/mol. The van der Waals surface area contributed by atoms with Crippen LogP contribution >= 0.6 is 0 Å². The average Bonchev–Trinajstić information content (AvgIpc) is 2.46. The summed E-state index contributed by atoms with van der Waals surface area (Å²) in [5.74, 6) is -0.416. The Hall–Kier alpha value is -0.620. The molecular formula is C10H19NO4S. The van der Waals surface area contributed by atoms with Crippen molar-refractivity contribution in [2.24, 2.45) is 5.73 Å². The van der Waals surface area contributed by atoms with Crippen molar-refractivity contribution in [3.8, 4) is 0 Å². The minimum atomic E-state index is -3.20. The fourth-order valence-corrected chi connectivity index (χ4v) is 4.04. The van der Waals surface area contributed by atoms with E-state index < -0.39 is 26.6 Å². The topological polar surface area (TPSA) is 86.5 Å². The van der Waals surface area contributed by atoms with Crippen LogP contribution in [0, 0.1) is 0 Å². The average molecular weight is 249 g/mol. The van der Waals surface area contributed by atoms with E-state index in [0.717, 1.165) is 6.42 Å². The van der Waals surface area contributed by atoms with Crippen molar-refractivity contribution in [2.45, 2.75) is 43.4 Å². The number of nitrogens with two attached hydrogens (primary N) is 1. The second-order valence-electron chi connectivity index (χ2n) is 4.43. The SMILES string of the molecule is CCOC(=O)CC1(N)CCCC1S(C)(=O)=O. The molecule has 1 fully saturated rings. The first-order chi connectivity index (χ1) is 7.29. The van der Waals surface area contributed by atoms with Gasteiger partial charge >= 0.3 is 5.97 Å². The summed E-state index contributed by atoms with van der Waals surface area (Å²) in [7, 11) is -3.20. The van der Waals surface area contributed by atoms with E-state index in [1.165, 1.54) is 6.26 Å². The molecule has 16 heavy (non-hydrogen) atoms. The van der Waals surface area contributed by atoms with Crippen LogP contribution in [0.15, 0.2) is 0 Å². The zero-order valence-corrected chi connectivity index (χ0v) is 10.5. The van der Waals surface area contributed by atoms with Gasteiger partial charge < -0.3 is 10.5 Å². The first-order valence-corrected chi connectivity index (χ1v) is 7.38. The largest absolute Gasteiger partial charge is 0.466 e. The van der Waals surface area contributed by atoms with E-state index in [1.807, 2.05) is 0 Å². The van der Waals surface area contributed by atoms with Crippen molar-refractivity contribution >= 4 is 15.8 Å². The fraction of sp³-hybridized carbons (Fsp3) is 0.900. The minimum Gasteiger partial charge on any atom is -0.466 e. The van der Waals surface area contributed by atoms with Crippen LogP contribution < -0.4 is 5.73 Å². The molecule has 0 heterocycles. The lowest BCUT2D eigenvalue weighted by atomic mass is 9.94. The van der Waals surface area contributed by atoms with E-state index >= 15 is 0 Å². The Bertz CT molecular complexity index is 365. The number of carbonyl (C=O) groups excluding carboxylic acids is 1. The number of sulfone groups is 1. The monoisotopic (exact) mass is 249 g/mol. The molecule has 1 aliphatic rings. The van der Waals surface area contributed by atoms with Crippen LogP contribution in [0.2, 0.25) is 0 Å². The van der Waals surface area contributed by atoms with Gasteiger partial charge in [0.05, 0.1) is 18.3 Å². The maximum atomic E-state index is 11.6. The van der Waals surface area contributed by atoms with E-state index in [9.17, 15) is 13.2 Å². The Labute approximate surface area is 96.3 Å². The third-order valence-corrected chi connectivity index (χ3v) is 4.78. The van der Waals surface area contributed by atoms with Crippen molar-refractivity contribution < 1.29 is 17.9 Å². The summed E-state index contributed by atoms with van der Waals surface area (Å²) in [6.45, 7) is 2.00. The Kier molecular flexibility index (Phi) is 3.96. The van der Waals surface area contributed by atoms with Gasteiger partial charge in [-0.05, 0) is 19.8 Å². The van der Waals surface area contributed by atoms with Crippen LogP contribution in [0.1, 0.15) is 32.6 Å². The third-order valence-electron chi connectivity index (χ3n) is 3.05. The lowest BCUT2D eigenvalue weighted by molar-refractivity contribution is -0.144. The van der Waals surface area contributed by atoms with Crippen LogP contribution in [0.3, 0.4) is 0 Å². The van der Waals surface area contributed by atoms with Gasteiger partial charge in [0.25, 0.3) is 0 Å². The maximum Gasteiger partial charge on any atom is 0.307 e. The molecule has 5 nitrogen and oxygen atoms in total. The number of carbonyl (C=O) groups is 1. The fourth-order valence-electron chi connectivity index (χ4n) is 2.39. The molecule has 1 aliphatic carbocycles. The molecule has 0 aromatic heterocycles. The maximum absolute atomic E-state index is 11.6. The number of esters is 1. The van der Waals surface area contributed by atoms with Crippen LogP contribution in [0.5, 0.6) is 0 Å². The number of ether oxygens (including phenoxy) is 1. The zero-order valence-electron chi connectivity index (χ0n) is 9.73. The third kappa shape index (κ3) is 2.95. The Morgan fingerprint density at radius 2 is 2.19 bits per heavy atom. The summed E-state index contributed by atoms with van der Waals surface area (Å²) in [6, 6.07) is 0. The molecule has 0 bridgehead atoms. The van der Waals surface area contributed by atoms with Crippen molar-refractivity contribution in [3.63, 3.8) is 0 Å². The summed E-state index contributed by atoms with van der Waals surface area (Å²) >= 11 is 0. The summed E-state index contributed by atoms with van der Waals surface area (Å²) < 4.78 is 27.9. The van der Waals surface area contributed by atoms with Gasteiger partial charge in [-0.2, -0.15) is 0 Å². The summed E-state index contributed by atoms with van der Waals surface area (Å²) in [5, 5.41) is -0.621. The van der Waals surface area contributed by atoms with E-state index in [2.05, 4.69) is 0 Å². The predicted octanol–water partition coefficient (Wildman–Crippen LogP) is 0.234. The Morgan fingerprint density at radius 3 is 2.69 bits per heavy atom. The van der Waals surface area contributed by atoms with Gasteiger partial charge in [-0.25, -0.2) is 8.42 Å². The number of rotatable bonds is 4. The van der Waals surface area contributed by atoms with E-state index in [4.69, 9.17) is 10.5 Å². The summed E-state index contributed by atoms with van der Waals surface area (Å²) in [6.07, 6.45) is 3.00. The highest BCUT2D eigenvalue weighted by atomic mass is 32.2. The highest BCUT2D eigenvalue weighted by molar-refractivity contribution is 7.91. The lowest BCUT2D eigenvalue weighted by Gasteiger charge is -2.29. The van der Waals surface area contributed by atoms with Crippen molar-refractivity contribution in [3.05, 3.63) is 0 Å². The quantitative estimate of drug-likeness (QED) is 0.721. The van der Waals surface area contributed by atoms with Crippen molar-refractivity contribution in [1.82, 2.24) is 0 Å². The molecule has 0 amide bonds. The lowest BCUT2D eigenvalue weighted by Crippen LogP contribution is -2.51. The van der Waals surface area contributed by atoms with Crippen LogP contribution in [-0.4, -0.2) is 38.0 Å². The van der Waals surface area contributed by atoms with E-state index in [-0.39, 0.29) is 6.42 Å². The molecule has 2 unspecified atom stereocenters. The Balaban J connectivity index is 2.79.